The Morgan fingerprint density at radius 2 is 1.68 bits per heavy atom. The Labute approximate surface area is 115 Å². The molecule has 0 heterocycles. The number of amides is 1. The zero-order chi connectivity index (χ0) is 14.7. The second-order valence-corrected chi connectivity index (χ2v) is 7.81. The van der Waals surface area contributed by atoms with Gasteiger partial charge in [0.1, 0.15) is 5.60 Å². The first kappa shape index (κ1) is 16.2. The molecule has 1 aliphatic carbocycles. The minimum absolute atomic E-state index is 0.210. The van der Waals surface area contributed by atoms with Crippen LogP contribution in [0.5, 0.6) is 0 Å². The molecule has 0 aromatic heterocycles. The van der Waals surface area contributed by atoms with Crippen molar-refractivity contribution in [2.24, 2.45) is 0 Å². The van der Waals surface area contributed by atoms with Crippen molar-refractivity contribution in [3.8, 4) is 0 Å². The number of ether oxygens (including phenoxy) is 1. The number of carbonyl (C=O) groups is 1. The molecule has 2 atom stereocenters. The first-order chi connectivity index (χ1) is 8.57. The van der Waals surface area contributed by atoms with Crippen LogP contribution >= 0.6 is 0 Å². The highest BCUT2D eigenvalue weighted by molar-refractivity contribution is 7.88. The topological polar surface area (TPSA) is 84.5 Å². The van der Waals surface area contributed by atoms with Gasteiger partial charge in [0.15, 0.2) is 0 Å². The van der Waals surface area contributed by atoms with Crippen molar-refractivity contribution in [3.05, 3.63) is 0 Å². The average Bonchev–Trinajstić information content (AvgIpc) is 2.15. The molecule has 0 aliphatic heterocycles. The number of hydrogen-bond acceptors (Lipinski definition) is 4. The summed E-state index contributed by atoms with van der Waals surface area (Å²) in [5.74, 6) is 0. The van der Waals surface area contributed by atoms with Crippen LogP contribution in [0.3, 0.4) is 0 Å². The van der Waals surface area contributed by atoms with Gasteiger partial charge in [-0.15, -0.1) is 0 Å². The largest absolute Gasteiger partial charge is 0.444 e. The lowest BCUT2D eigenvalue weighted by molar-refractivity contribution is 0.0483. The highest BCUT2D eigenvalue weighted by Gasteiger charge is 2.30. The Kier molecular flexibility index (Phi) is 5.20. The molecule has 0 radical (unpaired) electrons. The summed E-state index contributed by atoms with van der Waals surface area (Å²) >= 11 is 0. The molecule has 0 aromatic carbocycles. The molecule has 0 aromatic rings. The quantitative estimate of drug-likeness (QED) is 0.823. The fourth-order valence-electron chi connectivity index (χ4n) is 2.18. The standard InChI is InChI=1S/C12H24N2O4S/c1-12(2,3)18-11(15)13-9-7-5-6-8-10(9)14-19(4,16)17/h9-10,14H,5-8H2,1-4H3,(H,13,15)/t9-,10+/m0/s1. The predicted molar refractivity (Wildman–Crippen MR) is 73.4 cm³/mol. The second-order valence-electron chi connectivity index (χ2n) is 6.03. The number of sulfonamides is 1. The number of carbonyl (C=O) groups excluding carboxylic acids is 1. The van der Waals surface area contributed by atoms with Crippen molar-refractivity contribution in [2.45, 2.75) is 64.1 Å². The third-order valence-electron chi connectivity index (χ3n) is 2.83. The van der Waals surface area contributed by atoms with E-state index in [1.165, 1.54) is 0 Å². The van der Waals surface area contributed by atoms with Crippen LogP contribution in [0.15, 0.2) is 0 Å². The Balaban J connectivity index is 2.60. The fourth-order valence-corrected chi connectivity index (χ4v) is 3.01. The van der Waals surface area contributed by atoms with E-state index in [1.807, 2.05) is 0 Å². The molecule has 0 spiro atoms. The first-order valence-electron chi connectivity index (χ1n) is 6.54. The minimum atomic E-state index is -3.27. The van der Waals surface area contributed by atoms with E-state index in [9.17, 15) is 13.2 Å². The van der Waals surface area contributed by atoms with Gasteiger partial charge >= 0.3 is 6.09 Å². The Bertz CT molecular complexity index is 414. The number of nitrogens with one attached hydrogen (secondary N) is 2. The van der Waals surface area contributed by atoms with Crippen molar-refractivity contribution in [1.82, 2.24) is 10.0 Å². The minimum Gasteiger partial charge on any atom is -0.444 e. The zero-order valence-corrected chi connectivity index (χ0v) is 12.8. The first-order valence-corrected chi connectivity index (χ1v) is 8.43. The predicted octanol–water partition coefficient (Wildman–Crippen LogP) is 1.37. The molecule has 19 heavy (non-hydrogen) atoms. The van der Waals surface area contributed by atoms with E-state index < -0.39 is 21.7 Å². The molecule has 1 amide bonds. The Morgan fingerprint density at radius 3 is 2.16 bits per heavy atom. The van der Waals surface area contributed by atoms with Gasteiger partial charge in [0.05, 0.1) is 6.26 Å². The molecule has 6 nitrogen and oxygen atoms in total. The zero-order valence-electron chi connectivity index (χ0n) is 12.0. The summed E-state index contributed by atoms with van der Waals surface area (Å²) in [6, 6.07) is -0.463. The summed E-state index contributed by atoms with van der Waals surface area (Å²) in [6.07, 6.45) is 4.05. The Hall–Kier alpha value is -0.820. The SMILES string of the molecule is CC(C)(C)OC(=O)N[C@H]1CCCC[C@H]1NS(C)(=O)=O. The van der Waals surface area contributed by atoms with Gasteiger partial charge in [-0.2, -0.15) is 0 Å². The number of hydrogen-bond donors (Lipinski definition) is 2. The maximum atomic E-state index is 11.7. The van der Waals surface area contributed by atoms with E-state index in [-0.39, 0.29) is 12.1 Å². The van der Waals surface area contributed by atoms with Crippen LogP contribution in [0.2, 0.25) is 0 Å². The summed E-state index contributed by atoms with van der Waals surface area (Å²) in [7, 11) is -3.27. The molecule has 0 saturated heterocycles. The molecule has 1 aliphatic rings. The third kappa shape index (κ3) is 6.77. The lowest BCUT2D eigenvalue weighted by atomic mass is 9.91. The van der Waals surface area contributed by atoms with Gasteiger partial charge in [-0.1, -0.05) is 12.8 Å². The molecule has 7 heteroatoms. The lowest BCUT2D eigenvalue weighted by Gasteiger charge is -2.32. The van der Waals surface area contributed by atoms with Crippen molar-refractivity contribution in [2.75, 3.05) is 6.26 Å². The normalized spacial score (nSPS) is 24.8. The lowest BCUT2D eigenvalue weighted by Crippen LogP contribution is -2.53. The van der Waals surface area contributed by atoms with Crippen molar-refractivity contribution in [1.29, 1.82) is 0 Å². The highest BCUT2D eigenvalue weighted by atomic mass is 32.2. The smallest absolute Gasteiger partial charge is 0.407 e. The van der Waals surface area contributed by atoms with Crippen LogP contribution in [0.1, 0.15) is 46.5 Å². The molecule has 1 saturated carbocycles. The second kappa shape index (κ2) is 6.09. The molecule has 112 valence electrons. The van der Waals surface area contributed by atoms with Gasteiger partial charge in [-0.05, 0) is 33.6 Å². The summed E-state index contributed by atoms with van der Waals surface area (Å²) in [4.78, 5) is 11.7. The van der Waals surface area contributed by atoms with E-state index in [1.54, 1.807) is 20.8 Å². The van der Waals surface area contributed by atoms with E-state index >= 15 is 0 Å². The fraction of sp³-hybridized carbons (Fsp3) is 0.917. The van der Waals surface area contributed by atoms with Gasteiger partial charge in [-0.3, -0.25) is 0 Å². The summed E-state index contributed by atoms with van der Waals surface area (Å²) in [5, 5.41) is 2.76. The summed E-state index contributed by atoms with van der Waals surface area (Å²) in [5.41, 5.74) is -0.557. The van der Waals surface area contributed by atoms with Gasteiger partial charge in [0.25, 0.3) is 0 Å². The molecular weight excluding hydrogens is 268 g/mol. The monoisotopic (exact) mass is 292 g/mol. The van der Waals surface area contributed by atoms with E-state index in [0.717, 1.165) is 31.9 Å². The third-order valence-corrected chi connectivity index (χ3v) is 3.56. The average molecular weight is 292 g/mol. The highest BCUT2D eigenvalue weighted by Crippen LogP contribution is 2.19. The van der Waals surface area contributed by atoms with E-state index in [4.69, 9.17) is 4.74 Å². The van der Waals surface area contributed by atoms with Crippen LogP contribution < -0.4 is 10.0 Å². The molecule has 1 fully saturated rings. The van der Waals surface area contributed by atoms with Gasteiger partial charge < -0.3 is 10.1 Å². The molecule has 0 unspecified atom stereocenters. The number of alkyl carbamates (subject to hydrolysis) is 1. The van der Waals surface area contributed by atoms with E-state index in [0.29, 0.717) is 0 Å². The maximum Gasteiger partial charge on any atom is 0.407 e. The molecule has 2 N–H and O–H groups in total. The van der Waals surface area contributed by atoms with Crippen LogP contribution in [0, 0.1) is 0 Å². The van der Waals surface area contributed by atoms with Crippen molar-refractivity contribution >= 4 is 16.1 Å². The van der Waals surface area contributed by atoms with Crippen LogP contribution in [0.25, 0.3) is 0 Å². The summed E-state index contributed by atoms with van der Waals surface area (Å²) in [6.45, 7) is 5.37. The van der Waals surface area contributed by atoms with Gasteiger partial charge in [0, 0.05) is 12.1 Å². The van der Waals surface area contributed by atoms with Gasteiger partial charge in [-0.25, -0.2) is 17.9 Å². The van der Waals surface area contributed by atoms with E-state index in [2.05, 4.69) is 10.0 Å². The Morgan fingerprint density at radius 1 is 1.16 bits per heavy atom. The van der Waals surface area contributed by atoms with Crippen LogP contribution in [0.4, 0.5) is 4.79 Å². The van der Waals surface area contributed by atoms with Crippen LogP contribution in [-0.4, -0.2) is 38.5 Å². The van der Waals surface area contributed by atoms with Crippen LogP contribution in [-0.2, 0) is 14.8 Å². The van der Waals surface area contributed by atoms with Crippen molar-refractivity contribution < 1.29 is 17.9 Å². The number of rotatable bonds is 3. The molecular formula is C12H24N2O4S. The van der Waals surface area contributed by atoms with Gasteiger partial charge in [0.2, 0.25) is 10.0 Å². The summed E-state index contributed by atoms with van der Waals surface area (Å²) < 4.78 is 30.4. The molecule has 0 bridgehead atoms. The maximum absolute atomic E-state index is 11.7. The van der Waals surface area contributed by atoms with Crippen molar-refractivity contribution in [3.63, 3.8) is 0 Å². The molecule has 1 rings (SSSR count).